The first kappa shape index (κ1) is 18.3. The predicted molar refractivity (Wildman–Crippen MR) is 96.0 cm³/mol. The van der Waals surface area contributed by atoms with Gasteiger partial charge in [0.2, 0.25) is 5.91 Å². The minimum Gasteiger partial charge on any atom is -0.376 e. The lowest BCUT2D eigenvalue weighted by Gasteiger charge is -2.17. The van der Waals surface area contributed by atoms with E-state index in [0.717, 1.165) is 25.0 Å². The van der Waals surface area contributed by atoms with Crippen LogP contribution in [0.1, 0.15) is 24.0 Å². The molecule has 0 aromatic heterocycles. The Morgan fingerprint density at radius 2 is 2.04 bits per heavy atom. The Morgan fingerprint density at radius 1 is 1.29 bits per heavy atom. The number of likely N-dealkylation sites (N-methyl/N-ethyl adjacent to an activating group) is 1. The number of nitrogens with zero attached hydrogens (tertiary/aromatic N) is 2. The summed E-state index contributed by atoms with van der Waals surface area (Å²) in [7, 11) is 3.49. The Balaban J connectivity index is 1.92. The third kappa shape index (κ3) is 6.20. The van der Waals surface area contributed by atoms with Crippen molar-refractivity contribution in [3.05, 3.63) is 35.4 Å². The van der Waals surface area contributed by atoms with Gasteiger partial charge in [-0.2, -0.15) is 0 Å². The van der Waals surface area contributed by atoms with E-state index >= 15 is 0 Å². The zero-order valence-electron chi connectivity index (χ0n) is 14.8. The highest BCUT2D eigenvalue weighted by molar-refractivity contribution is 5.86. The maximum atomic E-state index is 11.8. The first-order valence-corrected chi connectivity index (χ1v) is 8.44. The van der Waals surface area contributed by atoms with Gasteiger partial charge in [0.15, 0.2) is 5.96 Å². The van der Waals surface area contributed by atoms with E-state index in [1.807, 2.05) is 0 Å². The van der Waals surface area contributed by atoms with Gasteiger partial charge in [0.1, 0.15) is 0 Å². The number of aliphatic imine (C=N–C) groups is 1. The molecule has 1 amide bonds. The molecule has 0 bridgehead atoms. The fraction of sp³-hybridized carbons (Fsp3) is 0.556. The zero-order valence-corrected chi connectivity index (χ0v) is 14.8. The van der Waals surface area contributed by atoms with Gasteiger partial charge >= 0.3 is 0 Å². The standard InChI is InChI=1S/C18H28N4O2/c1-14-6-8-15(9-7-14)11-19-18(21-13-17(23)22(2)3)20-12-16-5-4-10-24-16/h6-9,16H,4-5,10-13H2,1-3H3,(H2,19,20,21). The molecule has 2 N–H and O–H groups in total. The van der Waals surface area contributed by atoms with Crippen LogP contribution in [-0.2, 0) is 16.1 Å². The smallest absolute Gasteiger partial charge is 0.241 e. The Morgan fingerprint density at radius 3 is 2.67 bits per heavy atom. The van der Waals surface area contributed by atoms with Crippen molar-refractivity contribution in [1.82, 2.24) is 15.5 Å². The van der Waals surface area contributed by atoms with Gasteiger partial charge in [0.25, 0.3) is 0 Å². The average Bonchev–Trinajstić information content (AvgIpc) is 3.08. The van der Waals surface area contributed by atoms with Gasteiger partial charge in [-0.25, -0.2) is 4.99 Å². The fourth-order valence-electron chi connectivity index (χ4n) is 2.37. The summed E-state index contributed by atoms with van der Waals surface area (Å²) in [6.07, 6.45) is 2.39. The summed E-state index contributed by atoms with van der Waals surface area (Å²) in [5.41, 5.74) is 2.37. The molecule has 6 heteroatoms. The van der Waals surface area contributed by atoms with Crippen LogP contribution in [0.3, 0.4) is 0 Å². The SMILES string of the molecule is Cc1ccc(CN=C(NCC(=O)N(C)C)NCC2CCCO2)cc1. The minimum atomic E-state index is 0.0111. The number of guanidine groups is 1. The minimum absolute atomic E-state index is 0.0111. The van der Waals surface area contributed by atoms with E-state index in [2.05, 4.69) is 46.8 Å². The van der Waals surface area contributed by atoms with Crippen molar-refractivity contribution in [1.29, 1.82) is 0 Å². The third-order valence-corrected chi connectivity index (χ3v) is 3.97. The van der Waals surface area contributed by atoms with Gasteiger partial charge < -0.3 is 20.3 Å². The van der Waals surface area contributed by atoms with Crippen molar-refractivity contribution in [3.63, 3.8) is 0 Å². The number of ether oxygens (including phenoxy) is 1. The molecule has 1 atom stereocenters. The first-order valence-electron chi connectivity index (χ1n) is 8.44. The van der Waals surface area contributed by atoms with Gasteiger partial charge in [-0.3, -0.25) is 4.79 Å². The fourth-order valence-corrected chi connectivity index (χ4v) is 2.37. The first-order chi connectivity index (χ1) is 11.5. The largest absolute Gasteiger partial charge is 0.376 e. The molecule has 1 aromatic rings. The number of hydrogen-bond donors (Lipinski definition) is 2. The van der Waals surface area contributed by atoms with E-state index in [1.54, 1.807) is 19.0 Å². The van der Waals surface area contributed by atoms with Crippen LogP contribution in [0.5, 0.6) is 0 Å². The van der Waals surface area contributed by atoms with Crippen molar-refractivity contribution in [3.8, 4) is 0 Å². The Bertz CT molecular complexity index is 549. The normalized spacial score (nSPS) is 17.6. The van der Waals surface area contributed by atoms with Crippen LogP contribution in [0.15, 0.2) is 29.3 Å². The predicted octanol–water partition coefficient (Wildman–Crippen LogP) is 1.30. The molecule has 24 heavy (non-hydrogen) atoms. The summed E-state index contributed by atoms with van der Waals surface area (Å²) in [6.45, 7) is 4.39. The van der Waals surface area contributed by atoms with Crippen LogP contribution >= 0.6 is 0 Å². The number of benzene rings is 1. The average molecular weight is 332 g/mol. The molecule has 6 nitrogen and oxygen atoms in total. The van der Waals surface area contributed by atoms with Gasteiger partial charge in [-0.05, 0) is 25.3 Å². The number of hydrogen-bond acceptors (Lipinski definition) is 3. The molecule has 1 aromatic carbocycles. The van der Waals surface area contributed by atoms with Crippen LogP contribution in [0.2, 0.25) is 0 Å². The second-order valence-electron chi connectivity index (χ2n) is 6.31. The maximum Gasteiger partial charge on any atom is 0.241 e. The van der Waals surface area contributed by atoms with Gasteiger partial charge in [-0.1, -0.05) is 29.8 Å². The summed E-state index contributed by atoms with van der Waals surface area (Å²) in [4.78, 5) is 17.9. The Labute approximate surface area is 144 Å². The lowest BCUT2D eigenvalue weighted by atomic mass is 10.1. The van der Waals surface area contributed by atoms with Gasteiger partial charge in [0, 0.05) is 27.2 Å². The van der Waals surface area contributed by atoms with Crippen molar-refractivity contribution < 1.29 is 9.53 Å². The third-order valence-electron chi connectivity index (χ3n) is 3.97. The highest BCUT2D eigenvalue weighted by Gasteiger charge is 2.16. The highest BCUT2D eigenvalue weighted by atomic mass is 16.5. The van der Waals surface area contributed by atoms with Crippen LogP contribution in [0.4, 0.5) is 0 Å². The highest BCUT2D eigenvalue weighted by Crippen LogP contribution is 2.10. The van der Waals surface area contributed by atoms with Crippen molar-refractivity contribution in [2.75, 3.05) is 33.8 Å². The second kappa shape index (κ2) is 9.27. The Kier molecular flexibility index (Phi) is 7.06. The molecule has 1 unspecified atom stereocenters. The summed E-state index contributed by atoms with van der Waals surface area (Å²) in [5, 5.41) is 6.38. The van der Waals surface area contributed by atoms with E-state index in [0.29, 0.717) is 19.0 Å². The molecule has 1 saturated heterocycles. The van der Waals surface area contributed by atoms with Crippen LogP contribution in [0, 0.1) is 6.92 Å². The van der Waals surface area contributed by atoms with E-state index in [-0.39, 0.29) is 18.6 Å². The number of carbonyl (C=O) groups is 1. The number of aryl methyl sites for hydroxylation is 1. The van der Waals surface area contributed by atoms with Crippen molar-refractivity contribution in [2.45, 2.75) is 32.4 Å². The van der Waals surface area contributed by atoms with E-state index < -0.39 is 0 Å². The molecule has 132 valence electrons. The van der Waals surface area contributed by atoms with Gasteiger partial charge in [-0.15, -0.1) is 0 Å². The van der Waals surface area contributed by atoms with E-state index in [9.17, 15) is 4.79 Å². The van der Waals surface area contributed by atoms with E-state index in [4.69, 9.17) is 4.74 Å². The quantitative estimate of drug-likeness (QED) is 0.609. The second-order valence-corrected chi connectivity index (χ2v) is 6.31. The number of rotatable bonds is 6. The molecule has 0 saturated carbocycles. The van der Waals surface area contributed by atoms with Crippen molar-refractivity contribution in [2.24, 2.45) is 4.99 Å². The zero-order chi connectivity index (χ0) is 17.4. The monoisotopic (exact) mass is 332 g/mol. The lowest BCUT2D eigenvalue weighted by Crippen LogP contribution is -2.45. The molecule has 0 spiro atoms. The summed E-state index contributed by atoms with van der Waals surface area (Å²) in [5.74, 6) is 0.651. The van der Waals surface area contributed by atoms with Gasteiger partial charge in [0.05, 0.1) is 19.2 Å². The topological polar surface area (TPSA) is 66.0 Å². The molecule has 1 aliphatic heterocycles. The Hall–Kier alpha value is -2.08. The summed E-state index contributed by atoms with van der Waals surface area (Å²) >= 11 is 0. The molecule has 0 radical (unpaired) electrons. The molecule has 1 heterocycles. The molecular weight excluding hydrogens is 304 g/mol. The summed E-state index contributed by atoms with van der Waals surface area (Å²) < 4.78 is 5.62. The lowest BCUT2D eigenvalue weighted by molar-refractivity contribution is -0.127. The molecule has 1 fully saturated rings. The number of amides is 1. The maximum absolute atomic E-state index is 11.8. The molecule has 1 aliphatic rings. The van der Waals surface area contributed by atoms with Crippen LogP contribution < -0.4 is 10.6 Å². The van der Waals surface area contributed by atoms with Crippen LogP contribution in [-0.4, -0.2) is 56.7 Å². The molecule has 0 aliphatic carbocycles. The summed E-state index contributed by atoms with van der Waals surface area (Å²) in [6, 6.07) is 8.30. The molecule has 2 rings (SSSR count). The molecular formula is C18H28N4O2. The van der Waals surface area contributed by atoms with E-state index in [1.165, 1.54) is 5.56 Å². The number of nitrogens with one attached hydrogen (secondary N) is 2. The van der Waals surface area contributed by atoms with Crippen LogP contribution in [0.25, 0.3) is 0 Å². The van der Waals surface area contributed by atoms with Crippen molar-refractivity contribution >= 4 is 11.9 Å². The number of carbonyl (C=O) groups excluding carboxylic acids is 1.